The average Bonchev–Trinajstić information content (AvgIpc) is 2.77. The fraction of sp³-hybridized carbons (Fsp3) is 0.667. The third kappa shape index (κ3) is 2.70. The summed E-state index contributed by atoms with van der Waals surface area (Å²) in [5.41, 5.74) is 2.53. The number of aryl methyl sites for hydroxylation is 1. The zero-order valence-corrected chi connectivity index (χ0v) is 9.58. The molecule has 0 bridgehead atoms. The van der Waals surface area contributed by atoms with Gasteiger partial charge in [0.05, 0.1) is 0 Å². The van der Waals surface area contributed by atoms with E-state index in [-0.39, 0.29) is 0 Å². The Morgan fingerprint density at radius 1 is 1.19 bits per heavy atom. The molecule has 0 unspecified atom stereocenters. The first-order valence-corrected chi connectivity index (χ1v) is 6.09. The first kappa shape index (κ1) is 11.3. The number of aliphatic hydroxyl groups excluding tert-OH is 1. The van der Waals surface area contributed by atoms with Gasteiger partial charge in [0.25, 0.3) is 0 Å². The Morgan fingerprint density at radius 2 is 2.12 bits per heavy atom. The number of anilines is 1. The van der Waals surface area contributed by atoms with Crippen molar-refractivity contribution in [1.29, 1.82) is 0 Å². The SMILES string of the molecule is OCCCCCNc1ncnc2c1CCC2. The maximum absolute atomic E-state index is 8.67. The van der Waals surface area contributed by atoms with Crippen LogP contribution in [0.1, 0.15) is 36.9 Å². The normalized spacial score (nSPS) is 13.8. The molecule has 1 aromatic rings. The van der Waals surface area contributed by atoms with Crippen LogP contribution in [0.25, 0.3) is 0 Å². The highest BCUT2D eigenvalue weighted by atomic mass is 16.2. The average molecular weight is 221 g/mol. The molecule has 0 fully saturated rings. The molecule has 1 aromatic heterocycles. The van der Waals surface area contributed by atoms with E-state index in [1.54, 1.807) is 6.33 Å². The molecule has 1 aliphatic carbocycles. The van der Waals surface area contributed by atoms with Gasteiger partial charge < -0.3 is 10.4 Å². The van der Waals surface area contributed by atoms with Crippen LogP contribution in [0.15, 0.2) is 6.33 Å². The molecular weight excluding hydrogens is 202 g/mol. The van der Waals surface area contributed by atoms with E-state index in [0.717, 1.165) is 44.5 Å². The molecule has 2 rings (SSSR count). The van der Waals surface area contributed by atoms with Gasteiger partial charge >= 0.3 is 0 Å². The second kappa shape index (κ2) is 5.80. The van der Waals surface area contributed by atoms with E-state index in [0.29, 0.717) is 6.61 Å². The Morgan fingerprint density at radius 3 is 3.00 bits per heavy atom. The number of rotatable bonds is 6. The van der Waals surface area contributed by atoms with E-state index in [9.17, 15) is 0 Å². The number of nitrogens with one attached hydrogen (secondary N) is 1. The molecule has 4 heteroatoms. The van der Waals surface area contributed by atoms with E-state index in [2.05, 4.69) is 15.3 Å². The van der Waals surface area contributed by atoms with Crippen LogP contribution in [0, 0.1) is 0 Å². The molecule has 0 saturated heterocycles. The predicted octanol–water partition coefficient (Wildman–Crippen LogP) is 1.54. The van der Waals surface area contributed by atoms with Crippen LogP contribution >= 0.6 is 0 Å². The van der Waals surface area contributed by atoms with Gasteiger partial charge in [-0.2, -0.15) is 0 Å². The molecule has 0 radical (unpaired) electrons. The third-order valence-corrected chi connectivity index (χ3v) is 3.00. The quantitative estimate of drug-likeness (QED) is 0.715. The highest BCUT2D eigenvalue weighted by Gasteiger charge is 2.16. The Labute approximate surface area is 96.1 Å². The lowest BCUT2D eigenvalue weighted by atomic mass is 10.2. The first-order chi connectivity index (χ1) is 7.92. The van der Waals surface area contributed by atoms with Gasteiger partial charge in [-0.1, -0.05) is 0 Å². The van der Waals surface area contributed by atoms with Crippen molar-refractivity contribution < 1.29 is 5.11 Å². The fourth-order valence-electron chi connectivity index (χ4n) is 2.13. The summed E-state index contributed by atoms with van der Waals surface area (Å²) in [5.74, 6) is 1.02. The lowest BCUT2D eigenvalue weighted by Crippen LogP contribution is -2.07. The Bertz CT molecular complexity index is 341. The van der Waals surface area contributed by atoms with Gasteiger partial charge in [0.2, 0.25) is 0 Å². The largest absolute Gasteiger partial charge is 0.396 e. The molecule has 0 saturated carbocycles. The van der Waals surface area contributed by atoms with Gasteiger partial charge in [-0.05, 0) is 38.5 Å². The molecule has 1 aliphatic rings. The van der Waals surface area contributed by atoms with Crippen LogP contribution in [0.5, 0.6) is 0 Å². The van der Waals surface area contributed by atoms with Crippen molar-refractivity contribution in [2.45, 2.75) is 38.5 Å². The molecule has 16 heavy (non-hydrogen) atoms. The van der Waals surface area contributed by atoms with Gasteiger partial charge in [0.1, 0.15) is 12.1 Å². The van der Waals surface area contributed by atoms with Crippen molar-refractivity contribution in [1.82, 2.24) is 9.97 Å². The Kier molecular flexibility index (Phi) is 4.10. The molecule has 88 valence electrons. The summed E-state index contributed by atoms with van der Waals surface area (Å²) in [7, 11) is 0. The second-order valence-electron chi connectivity index (χ2n) is 4.21. The van der Waals surface area contributed by atoms with Crippen molar-refractivity contribution >= 4 is 5.82 Å². The molecule has 1 heterocycles. The number of aliphatic hydroxyl groups is 1. The summed E-state index contributed by atoms with van der Waals surface area (Å²) in [5, 5.41) is 12.0. The molecule has 0 spiro atoms. The van der Waals surface area contributed by atoms with Crippen LogP contribution in [-0.2, 0) is 12.8 Å². The summed E-state index contributed by atoms with van der Waals surface area (Å²) >= 11 is 0. The second-order valence-corrected chi connectivity index (χ2v) is 4.21. The van der Waals surface area contributed by atoms with Crippen LogP contribution in [0.3, 0.4) is 0 Å². The number of fused-ring (bicyclic) bond motifs is 1. The van der Waals surface area contributed by atoms with Gasteiger partial charge in [-0.25, -0.2) is 9.97 Å². The molecule has 0 amide bonds. The van der Waals surface area contributed by atoms with E-state index < -0.39 is 0 Å². The molecule has 2 N–H and O–H groups in total. The van der Waals surface area contributed by atoms with E-state index in [1.807, 2.05) is 0 Å². The summed E-state index contributed by atoms with van der Waals surface area (Å²) in [6.45, 7) is 1.23. The maximum Gasteiger partial charge on any atom is 0.132 e. The van der Waals surface area contributed by atoms with Gasteiger partial charge in [-0.3, -0.25) is 0 Å². The first-order valence-electron chi connectivity index (χ1n) is 6.09. The Balaban J connectivity index is 1.83. The van der Waals surface area contributed by atoms with Crippen molar-refractivity contribution in [3.05, 3.63) is 17.6 Å². The van der Waals surface area contributed by atoms with E-state index >= 15 is 0 Å². The topological polar surface area (TPSA) is 58.0 Å². The van der Waals surface area contributed by atoms with Crippen LogP contribution in [0.4, 0.5) is 5.82 Å². The number of aromatic nitrogens is 2. The minimum atomic E-state index is 0.295. The maximum atomic E-state index is 8.67. The molecule has 0 aliphatic heterocycles. The third-order valence-electron chi connectivity index (χ3n) is 3.00. The molecule has 0 atom stereocenters. The zero-order valence-electron chi connectivity index (χ0n) is 9.58. The lowest BCUT2D eigenvalue weighted by molar-refractivity contribution is 0.283. The minimum Gasteiger partial charge on any atom is -0.396 e. The standard InChI is InChI=1S/C12H19N3O/c16-8-3-1-2-7-13-12-10-5-4-6-11(10)14-9-15-12/h9,16H,1-8H2,(H,13,14,15). The molecule has 4 nitrogen and oxygen atoms in total. The monoisotopic (exact) mass is 221 g/mol. The van der Waals surface area contributed by atoms with Crippen LogP contribution in [-0.4, -0.2) is 28.2 Å². The van der Waals surface area contributed by atoms with Crippen LogP contribution in [0.2, 0.25) is 0 Å². The van der Waals surface area contributed by atoms with Crippen molar-refractivity contribution in [3.63, 3.8) is 0 Å². The van der Waals surface area contributed by atoms with E-state index in [1.165, 1.54) is 17.7 Å². The van der Waals surface area contributed by atoms with Crippen molar-refractivity contribution in [2.75, 3.05) is 18.5 Å². The Hall–Kier alpha value is -1.16. The number of nitrogens with zero attached hydrogens (tertiary/aromatic N) is 2. The summed E-state index contributed by atoms with van der Waals surface area (Å²) in [6, 6.07) is 0. The number of hydrogen-bond acceptors (Lipinski definition) is 4. The highest BCUT2D eigenvalue weighted by Crippen LogP contribution is 2.24. The smallest absolute Gasteiger partial charge is 0.132 e. The lowest BCUT2D eigenvalue weighted by Gasteiger charge is -2.08. The molecule has 0 aromatic carbocycles. The number of unbranched alkanes of at least 4 members (excludes halogenated alkanes) is 2. The van der Waals surface area contributed by atoms with E-state index in [4.69, 9.17) is 5.11 Å². The summed E-state index contributed by atoms with van der Waals surface area (Å²) < 4.78 is 0. The van der Waals surface area contributed by atoms with Gasteiger partial charge in [0, 0.05) is 24.4 Å². The zero-order chi connectivity index (χ0) is 11.2. The molecular formula is C12H19N3O. The van der Waals surface area contributed by atoms with Gasteiger partial charge in [0.15, 0.2) is 0 Å². The van der Waals surface area contributed by atoms with Crippen LogP contribution < -0.4 is 5.32 Å². The van der Waals surface area contributed by atoms with Crippen molar-refractivity contribution in [3.8, 4) is 0 Å². The highest BCUT2D eigenvalue weighted by molar-refractivity contribution is 5.47. The van der Waals surface area contributed by atoms with Gasteiger partial charge in [-0.15, -0.1) is 0 Å². The fourth-order valence-corrected chi connectivity index (χ4v) is 2.13. The minimum absolute atomic E-state index is 0.295. The summed E-state index contributed by atoms with van der Waals surface area (Å²) in [6.07, 6.45) is 8.10. The van der Waals surface area contributed by atoms with Crippen molar-refractivity contribution in [2.24, 2.45) is 0 Å². The summed E-state index contributed by atoms with van der Waals surface area (Å²) in [4.78, 5) is 8.59. The predicted molar refractivity (Wildman–Crippen MR) is 63.5 cm³/mol. The number of hydrogen-bond donors (Lipinski definition) is 2.